The van der Waals surface area contributed by atoms with Crippen LogP contribution in [0.2, 0.25) is 0 Å². The molecule has 2 aliphatic heterocycles. The van der Waals surface area contributed by atoms with Gasteiger partial charge in [0.15, 0.2) is 5.96 Å². The molecule has 168 valence electrons. The number of nitrogens with two attached hydrogens (primary N) is 2. The number of nitrogens with one attached hydrogen (secondary N) is 2. The van der Waals surface area contributed by atoms with Crippen LogP contribution in [0.3, 0.4) is 0 Å². The van der Waals surface area contributed by atoms with Gasteiger partial charge >= 0.3 is 5.97 Å². The average molecular weight is 431 g/mol. The number of anilines is 1. The first-order valence-corrected chi connectivity index (χ1v) is 10.6. The number of likely N-dealkylation sites (tertiary alicyclic amines) is 1. The number of rotatable bonds is 8. The zero-order valence-electron chi connectivity index (χ0n) is 17.4. The SMILES string of the molecule is NC(N)=NCCC[C@H](NC(=O)[C@@H]1CCCN1C(=O)[C@@H]1CCc2ccccc2N1)C(=O)O. The summed E-state index contributed by atoms with van der Waals surface area (Å²) < 4.78 is 0. The minimum Gasteiger partial charge on any atom is -0.480 e. The summed E-state index contributed by atoms with van der Waals surface area (Å²) in [5.41, 5.74) is 12.6. The average Bonchev–Trinajstić information content (AvgIpc) is 3.24. The Balaban J connectivity index is 1.59. The maximum atomic E-state index is 13.1. The van der Waals surface area contributed by atoms with Crippen LogP contribution in [-0.2, 0) is 20.8 Å². The molecule has 0 aromatic heterocycles. The number of para-hydroxylation sites is 1. The minimum absolute atomic E-state index is 0.0602. The van der Waals surface area contributed by atoms with Gasteiger partial charge in [-0.05, 0) is 50.2 Å². The fourth-order valence-electron chi connectivity index (χ4n) is 4.16. The van der Waals surface area contributed by atoms with Gasteiger partial charge in [0.2, 0.25) is 11.8 Å². The Kier molecular flexibility index (Phi) is 7.32. The second kappa shape index (κ2) is 10.1. The number of carbonyl (C=O) groups is 3. The first-order chi connectivity index (χ1) is 14.9. The van der Waals surface area contributed by atoms with Crippen molar-refractivity contribution in [3.8, 4) is 0 Å². The topological polar surface area (TPSA) is 163 Å². The van der Waals surface area contributed by atoms with Gasteiger partial charge in [0.05, 0.1) is 0 Å². The minimum atomic E-state index is -1.13. The van der Waals surface area contributed by atoms with Crippen molar-refractivity contribution in [3.05, 3.63) is 29.8 Å². The number of hydrogen-bond donors (Lipinski definition) is 5. The number of aliphatic imine (C=N–C) groups is 1. The lowest BCUT2D eigenvalue weighted by Gasteiger charge is -2.32. The van der Waals surface area contributed by atoms with Crippen molar-refractivity contribution in [2.75, 3.05) is 18.4 Å². The maximum Gasteiger partial charge on any atom is 0.326 e. The first kappa shape index (κ1) is 22.4. The summed E-state index contributed by atoms with van der Waals surface area (Å²) in [6.45, 7) is 0.768. The summed E-state index contributed by atoms with van der Waals surface area (Å²) in [6, 6.07) is 5.77. The lowest BCUT2D eigenvalue weighted by atomic mass is 9.97. The summed E-state index contributed by atoms with van der Waals surface area (Å²) in [5, 5.41) is 15.3. The van der Waals surface area contributed by atoms with E-state index in [2.05, 4.69) is 15.6 Å². The number of hydrogen-bond acceptors (Lipinski definition) is 5. The molecule has 0 bridgehead atoms. The molecule has 2 amide bonds. The quantitative estimate of drug-likeness (QED) is 0.221. The third kappa shape index (κ3) is 5.65. The Bertz CT molecular complexity index is 854. The van der Waals surface area contributed by atoms with Gasteiger partial charge in [-0.2, -0.15) is 0 Å². The van der Waals surface area contributed by atoms with Gasteiger partial charge in [0, 0.05) is 18.8 Å². The van der Waals surface area contributed by atoms with E-state index in [1.807, 2.05) is 24.3 Å². The predicted molar refractivity (Wildman–Crippen MR) is 116 cm³/mol. The number of aryl methyl sites for hydroxylation is 1. The van der Waals surface area contributed by atoms with Crippen LogP contribution in [0.5, 0.6) is 0 Å². The Labute approximate surface area is 181 Å². The summed E-state index contributed by atoms with van der Waals surface area (Å²) in [6.07, 6.45) is 3.27. The number of benzene rings is 1. The van der Waals surface area contributed by atoms with Crippen LogP contribution in [0.1, 0.15) is 37.7 Å². The van der Waals surface area contributed by atoms with E-state index in [4.69, 9.17) is 11.5 Å². The number of carbonyl (C=O) groups excluding carboxylic acids is 2. The third-order valence-electron chi connectivity index (χ3n) is 5.75. The fourth-order valence-corrected chi connectivity index (χ4v) is 4.16. The number of amides is 2. The monoisotopic (exact) mass is 430 g/mol. The Morgan fingerprint density at radius 2 is 2.03 bits per heavy atom. The van der Waals surface area contributed by atoms with Gasteiger partial charge in [-0.25, -0.2) is 4.79 Å². The van der Waals surface area contributed by atoms with E-state index in [1.165, 1.54) is 5.56 Å². The second-order valence-electron chi connectivity index (χ2n) is 7.93. The van der Waals surface area contributed by atoms with E-state index in [0.717, 1.165) is 12.1 Å². The normalized spacial score (nSPS) is 20.8. The largest absolute Gasteiger partial charge is 0.480 e. The highest BCUT2D eigenvalue weighted by Crippen LogP contribution is 2.27. The van der Waals surface area contributed by atoms with Crippen molar-refractivity contribution in [1.29, 1.82) is 0 Å². The van der Waals surface area contributed by atoms with Crippen molar-refractivity contribution >= 4 is 29.4 Å². The Morgan fingerprint density at radius 1 is 1.26 bits per heavy atom. The molecule has 0 aliphatic carbocycles. The van der Waals surface area contributed by atoms with Gasteiger partial charge in [0.1, 0.15) is 18.1 Å². The van der Waals surface area contributed by atoms with E-state index in [0.29, 0.717) is 32.2 Å². The van der Waals surface area contributed by atoms with E-state index in [9.17, 15) is 19.5 Å². The summed E-state index contributed by atoms with van der Waals surface area (Å²) in [7, 11) is 0. The third-order valence-corrected chi connectivity index (χ3v) is 5.75. The maximum absolute atomic E-state index is 13.1. The highest BCUT2D eigenvalue weighted by molar-refractivity contribution is 5.93. The molecule has 2 aliphatic rings. The molecule has 31 heavy (non-hydrogen) atoms. The van der Waals surface area contributed by atoms with Crippen LogP contribution in [0.15, 0.2) is 29.3 Å². The summed E-state index contributed by atoms with van der Waals surface area (Å²) in [5.74, 6) is -1.74. The molecule has 10 heteroatoms. The summed E-state index contributed by atoms with van der Waals surface area (Å²) >= 11 is 0. The smallest absolute Gasteiger partial charge is 0.326 e. The van der Waals surface area contributed by atoms with E-state index in [1.54, 1.807) is 4.90 Å². The number of carboxylic acids is 1. The zero-order chi connectivity index (χ0) is 22.4. The number of aliphatic carboxylic acids is 1. The van der Waals surface area contributed by atoms with Gasteiger partial charge in [0.25, 0.3) is 0 Å². The number of fused-ring (bicyclic) bond motifs is 1. The van der Waals surface area contributed by atoms with E-state index >= 15 is 0 Å². The highest BCUT2D eigenvalue weighted by Gasteiger charge is 2.39. The first-order valence-electron chi connectivity index (χ1n) is 10.6. The molecule has 1 aromatic carbocycles. The second-order valence-corrected chi connectivity index (χ2v) is 7.93. The molecule has 1 fully saturated rings. The standard InChI is InChI=1S/C21H30N6O4/c22-21(23)24-11-3-7-16(20(30)31)26-18(28)17-8-4-12-27(17)19(29)15-10-9-13-5-1-2-6-14(13)25-15/h1-2,5-6,15-17,25H,3-4,7-12H2,(H,26,28)(H,30,31)(H4,22,23,24)/t15-,16-,17-/m0/s1. The van der Waals surface area contributed by atoms with Crippen LogP contribution >= 0.6 is 0 Å². The van der Waals surface area contributed by atoms with E-state index in [-0.39, 0.29) is 24.8 Å². The molecular weight excluding hydrogens is 400 g/mol. The molecule has 10 nitrogen and oxygen atoms in total. The predicted octanol–water partition coefficient (Wildman–Crippen LogP) is 0.0273. The Morgan fingerprint density at radius 3 is 2.77 bits per heavy atom. The van der Waals surface area contributed by atoms with Crippen molar-refractivity contribution in [3.63, 3.8) is 0 Å². The van der Waals surface area contributed by atoms with Crippen LogP contribution in [0, 0.1) is 0 Å². The number of guanidine groups is 1. The Hall–Kier alpha value is -3.30. The van der Waals surface area contributed by atoms with Crippen LogP contribution in [-0.4, -0.2) is 65.0 Å². The molecular formula is C21H30N6O4. The molecule has 0 unspecified atom stereocenters. The molecule has 0 radical (unpaired) electrons. The lowest BCUT2D eigenvalue weighted by molar-refractivity contribution is -0.144. The van der Waals surface area contributed by atoms with Crippen LogP contribution in [0.25, 0.3) is 0 Å². The lowest BCUT2D eigenvalue weighted by Crippen LogP contribution is -2.54. The molecule has 0 spiro atoms. The van der Waals surface area contributed by atoms with Gasteiger partial charge in [-0.1, -0.05) is 18.2 Å². The van der Waals surface area contributed by atoms with Gasteiger partial charge in [-0.3, -0.25) is 14.6 Å². The fraction of sp³-hybridized carbons (Fsp3) is 0.524. The van der Waals surface area contributed by atoms with E-state index < -0.39 is 30.0 Å². The molecule has 3 rings (SSSR count). The molecule has 1 saturated heterocycles. The molecule has 0 saturated carbocycles. The van der Waals surface area contributed by atoms with Crippen LogP contribution < -0.4 is 22.1 Å². The molecule has 7 N–H and O–H groups in total. The highest BCUT2D eigenvalue weighted by atomic mass is 16.4. The molecule has 1 aromatic rings. The van der Waals surface area contributed by atoms with Crippen molar-refractivity contribution in [1.82, 2.24) is 10.2 Å². The number of carboxylic acid groups (broad SMARTS) is 1. The van der Waals surface area contributed by atoms with Crippen molar-refractivity contribution < 1.29 is 19.5 Å². The number of nitrogens with zero attached hydrogens (tertiary/aromatic N) is 2. The van der Waals surface area contributed by atoms with Crippen molar-refractivity contribution in [2.24, 2.45) is 16.5 Å². The zero-order valence-corrected chi connectivity index (χ0v) is 17.4. The molecule has 2 heterocycles. The van der Waals surface area contributed by atoms with Crippen LogP contribution in [0.4, 0.5) is 5.69 Å². The van der Waals surface area contributed by atoms with Gasteiger partial charge < -0.3 is 32.1 Å². The summed E-state index contributed by atoms with van der Waals surface area (Å²) in [4.78, 5) is 43.0. The van der Waals surface area contributed by atoms with Crippen molar-refractivity contribution in [2.45, 2.75) is 56.7 Å². The molecule has 3 atom stereocenters. The van der Waals surface area contributed by atoms with Gasteiger partial charge in [-0.15, -0.1) is 0 Å².